The summed E-state index contributed by atoms with van der Waals surface area (Å²) in [4.78, 5) is 13.8. The van der Waals surface area contributed by atoms with Crippen molar-refractivity contribution in [3.8, 4) is 0 Å². The van der Waals surface area contributed by atoms with E-state index in [2.05, 4.69) is 5.32 Å². The van der Waals surface area contributed by atoms with Gasteiger partial charge >= 0.3 is 0 Å². The van der Waals surface area contributed by atoms with Gasteiger partial charge < -0.3 is 10.2 Å². The van der Waals surface area contributed by atoms with Gasteiger partial charge in [0.2, 0.25) is 5.91 Å². The molecule has 94 valence electrons. The molecule has 1 unspecified atom stereocenters. The van der Waals surface area contributed by atoms with Crippen LogP contribution in [0.3, 0.4) is 0 Å². The fourth-order valence-electron chi connectivity index (χ4n) is 1.65. The van der Waals surface area contributed by atoms with Crippen LogP contribution in [0.2, 0.25) is 0 Å². The minimum atomic E-state index is -3.39. The molecule has 1 N–H and O–H groups in total. The van der Waals surface area contributed by atoms with Gasteiger partial charge in [0.15, 0.2) is 9.84 Å². The molecular weight excluding hydrogens is 228 g/mol. The number of piperazine rings is 1. The highest BCUT2D eigenvalue weighted by atomic mass is 32.2. The molecule has 1 saturated heterocycles. The van der Waals surface area contributed by atoms with Gasteiger partial charge in [0.25, 0.3) is 0 Å². The Morgan fingerprint density at radius 1 is 1.44 bits per heavy atom. The van der Waals surface area contributed by atoms with Crippen LogP contribution in [0.15, 0.2) is 0 Å². The van der Waals surface area contributed by atoms with Crippen molar-refractivity contribution < 1.29 is 13.2 Å². The van der Waals surface area contributed by atoms with Crippen LogP contribution in [0, 0.1) is 0 Å². The molecule has 1 aliphatic heterocycles. The average molecular weight is 248 g/mol. The van der Waals surface area contributed by atoms with E-state index in [1.54, 1.807) is 4.90 Å². The van der Waals surface area contributed by atoms with Crippen molar-refractivity contribution in [3.63, 3.8) is 0 Å². The summed E-state index contributed by atoms with van der Waals surface area (Å²) in [6.45, 7) is 6.86. The third-order valence-electron chi connectivity index (χ3n) is 3.20. The molecule has 1 atom stereocenters. The highest BCUT2D eigenvalue weighted by molar-refractivity contribution is 7.92. The van der Waals surface area contributed by atoms with Crippen molar-refractivity contribution in [2.24, 2.45) is 0 Å². The molecule has 0 aromatic heterocycles. The third-order valence-corrected chi connectivity index (χ3v) is 5.23. The van der Waals surface area contributed by atoms with Gasteiger partial charge in [-0.25, -0.2) is 8.42 Å². The van der Waals surface area contributed by atoms with Crippen LogP contribution in [-0.4, -0.2) is 55.9 Å². The van der Waals surface area contributed by atoms with Crippen molar-refractivity contribution in [3.05, 3.63) is 0 Å². The van der Waals surface area contributed by atoms with Crippen LogP contribution in [0.5, 0.6) is 0 Å². The van der Waals surface area contributed by atoms with Crippen molar-refractivity contribution in [1.29, 1.82) is 0 Å². The monoisotopic (exact) mass is 248 g/mol. The zero-order valence-corrected chi connectivity index (χ0v) is 11.1. The first-order valence-corrected chi connectivity index (χ1v) is 7.28. The second-order valence-corrected chi connectivity index (χ2v) is 7.40. The van der Waals surface area contributed by atoms with Gasteiger partial charge in [0.1, 0.15) is 4.75 Å². The molecule has 0 bridgehead atoms. The number of rotatable bonds is 2. The van der Waals surface area contributed by atoms with Gasteiger partial charge in [-0.1, -0.05) is 0 Å². The van der Waals surface area contributed by atoms with Crippen LogP contribution < -0.4 is 5.32 Å². The zero-order chi connectivity index (χ0) is 12.6. The molecule has 0 saturated carbocycles. The Morgan fingerprint density at radius 3 is 2.44 bits per heavy atom. The average Bonchev–Trinajstić information content (AvgIpc) is 2.15. The molecule has 1 rings (SSSR count). The smallest absolute Gasteiger partial charge is 0.243 e. The van der Waals surface area contributed by atoms with E-state index >= 15 is 0 Å². The van der Waals surface area contributed by atoms with E-state index < -0.39 is 14.6 Å². The summed E-state index contributed by atoms with van der Waals surface area (Å²) in [5, 5.41) is 3.17. The molecule has 5 nitrogen and oxygen atoms in total. The summed E-state index contributed by atoms with van der Waals surface area (Å²) < 4.78 is 21.8. The maximum Gasteiger partial charge on any atom is 0.243 e. The first-order valence-electron chi connectivity index (χ1n) is 5.39. The van der Waals surface area contributed by atoms with E-state index in [9.17, 15) is 13.2 Å². The van der Waals surface area contributed by atoms with E-state index in [1.165, 1.54) is 13.8 Å². The lowest BCUT2D eigenvalue weighted by Crippen LogP contribution is -2.58. The number of carbonyl (C=O) groups is 1. The fourth-order valence-corrected chi connectivity index (χ4v) is 2.08. The molecule has 0 spiro atoms. The maximum atomic E-state index is 12.2. The number of sulfone groups is 1. The Balaban J connectivity index is 2.93. The summed E-state index contributed by atoms with van der Waals surface area (Å²) in [6, 6.07) is 0.0438. The Hall–Kier alpha value is -0.620. The summed E-state index contributed by atoms with van der Waals surface area (Å²) in [6.07, 6.45) is 1.11. The predicted octanol–water partition coefficient (Wildman–Crippen LogP) is -0.370. The number of carbonyl (C=O) groups excluding carboxylic acids is 1. The molecule has 6 heteroatoms. The molecule has 1 amide bonds. The van der Waals surface area contributed by atoms with E-state index in [0.29, 0.717) is 13.1 Å². The number of hydrogen-bond donors (Lipinski definition) is 1. The largest absolute Gasteiger partial charge is 0.336 e. The molecule has 0 aromatic rings. The lowest BCUT2D eigenvalue weighted by Gasteiger charge is -2.38. The van der Waals surface area contributed by atoms with Crippen LogP contribution in [0.1, 0.15) is 20.8 Å². The molecule has 0 aromatic carbocycles. The highest BCUT2D eigenvalue weighted by Gasteiger charge is 2.42. The molecule has 1 heterocycles. The van der Waals surface area contributed by atoms with Crippen molar-refractivity contribution in [2.75, 3.05) is 25.9 Å². The first kappa shape index (κ1) is 13.4. The van der Waals surface area contributed by atoms with E-state index in [-0.39, 0.29) is 11.9 Å². The van der Waals surface area contributed by atoms with Gasteiger partial charge in [-0.2, -0.15) is 0 Å². The quantitative estimate of drug-likeness (QED) is 0.724. The van der Waals surface area contributed by atoms with Crippen LogP contribution in [-0.2, 0) is 14.6 Å². The lowest BCUT2D eigenvalue weighted by atomic mass is 10.1. The Labute approximate surface area is 97.1 Å². The molecule has 1 aliphatic rings. The number of nitrogens with one attached hydrogen (secondary N) is 1. The molecule has 16 heavy (non-hydrogen) atoms. The minimum absolute atomic E-state index is 0.0438. The zero-order valence-electron chi connectivity index (χ0n) is 10.3. The molecular formula is C10H20N2O3S. The lowest BCUT2D eigenvalue weighted by molar-refractivity contribution is -0.135. The summed E-state index contributed by atoms with van der Waals surface area (Å²) >= 11 is 0. The first-order chi connectivity index (χ1) is 7.18. The summed E-state index contributed by atoms with van der Waals surface area (Å²) in [5.74, 6) is -0.302. The third kappa shape index (κ3) is 2.38. The predicted molar refractivity (Wildman–Crippen MR) is 63.0 cm³/mol. The molecule has 1 fully saturated rings. The fraction of sp³-hybridized carbons (Fsp3) is 0.900. The second kappa shape index (κ2) is 4.33. The topological polar surface area (TPSA) is 66.5 Å². The normalized spacial score (nSPS) is 23.2. The second-order valence-electron chi connectivity index (χ2n) is 4.83. The summed E-state index contributed by atoms with van der Waals surface area (Å²) in [5.41, 5.74) is 0. The minimum Gasteiger partial charge on any atom is -0.336 e. The van der Waals surface area contributed by atoms with Crippen LogP contribution in [0.25, 0.3) is 0 Å². The van der Waals surface area contributed by atoms with Gasteiger partial charge in [0, 0.05) is 31.9 Å². The van der Waals surface area contributed by atoms with Crippen LogP contribution >= 0.6 is 0 Å². The maximum absolute atomic E-state index is 12.2. The number of nitrogens with zero attached hydrogens (tertiary/aromatic N) is 1. The van der Waals surface area contributed by atoms with Gasteiger partial charge in [-0.3, -0.25) is 4.79 Å². The SMILES string of the molecule is CC1CNCCN1C(=O)C(C)(C)S(C)(=O)=O. The van der Waals surface area contributed by atoms with E-state index in [1.807, 2.05) is 6.92 Å². The van der Waals surface area contributed by atoms with E-state index in [4.69, 9.17) is 0 Å². The van der Waals surface area contributed by atoms with Gasteiger partial charge in [0.05, 0.1) is 0 Å². The Bertz CT molecular complexity index is 376. The van der Waals surface area contributed by atoms with Gasteiger partial charge in [-0.15, -0.1) is 0 Å². The number of hydrogen-bond acceptors (Lipinski definition) is 4. The highest BCUT2D eigenvalue weighted by Crippen LogP contribution is 2.20. The Morgan fingerprint density at radius 2 is 2.00 bits per heavy atom. The van der Waals surface area contributed by atoms with Crippen LogP contribution in [0.4, 0.5) is 0 Å². The molecule has 0 aliphatic carbocycles. The van der Waals surface area contributed by atoms with E-state index in [0.717, 1.165) is 12.8 Å². The van der Waals surface area contributed by atoms with Crippen molar-refractivity contribution >= 4 is 15.7 Å². The Kier molecular flexibility index (Phi) is 3.64. The summed E-state index contributed by atoms with van der Waals surface area (Å²) in [7, 11) is -3.39. The van der Waals surface area contributed by atoms with Crippen molar-refractivity contribution in [1.82, 2.24) is 10.2 Å². The van der Waals surface area contributed by atoms with Crippen molar-refractivity contribution in [2.45, 2.75) is 31.6 Å². The number of amides is 1. The standard InChI is InChI=1S/C10H20N2O3S/c1-8-7-11-5-6-12(8)9(13)10(2,3)16(4,14)15/h8,11H,5-7H2,1-4H3. The molecule has 0 radical (unpaired) electrons. The van der Waals surface area contributed by atoms with Gasteiger partial charge in [-0.05, 0) is 20.8 Å².